The van der Waals surface area contributed by atoms with Gasteiger partial charge in [-0.3, -0.25) is 0 Å². The maximum Gasteiger partial charge on any atom is 0.0870 e. The molecule has 4 rings (SSSR count). The molecule has 0 aromatic heterocycles. The van der Waals surface area contributed by atoms with Crippen LogP contribution in [0.1, 0.15) is 70.5 Å². The van der Waals surface area contributed by atoms with Crippen molar-refractivity contribution in [3.63, 3.8) is 0 Å². The van der Waals surface area contributed by atoms with Crippen molar-refractivity contribution < 1.29 is 4.74 Å². The number of hydrogen-bond acceptors (Lipinski definition) is 2. The molecule has 1 spiro atoms. The van der Waals surface area contributed by atoms with Crippen molar-refractivity contribution in [3.8, 4) is 0 Å². The molecule has 3 heteroatoms. The van der Waals surface area contributed by atoms with Crippen LogP contribution >= 0.6 is 11.6 Å². The minimum absolute atomic E-state index is 0.155. The Morgan fingerprint density at radius 2 is 1.81 bits per heavy atom. The summed E-state index contributed by atoms with van der Waals surface area (Å²) in [6.07, 6.45) is 9.78. The van der Waals surface area contributed by atoms with Crippen LogP contribution in [0, 0.1) is 17.3 Å². The van der Waals surface area contributed by atoms with Crippen molar-refractivity contribution >= 4 is 11.6 Å². The van der Waals surface area contributed by atoms with Gasteiger partial charge in [0.1, 0.15) is 0 Å². The van der Waals surface area contributed by atoms with Gasteiger partial charge in [-0.1, -0.05) is 56.5 Å². The van der Waals surface area contributed by atoms with Gasteiger partial charge in [-0.2, -0.15) is 0 Å². The highest BCUT2D eigenvalue weighted by Gasteiger charge is 2.45. The first-order chi connectivity index (χ1) is 12.6. The zero-order valence-electron chi connectivity index (χ0n) is 16.4. The van der Waals surface area contributed by atoms with Crippen molar-refractivity contribution in [2.75, 3.05) is 19.7 Å². The van der Waals surface area contributed by atoms with Gasteiger partial charge in [-0.15, -0.1) is 0 Å². The second kappa shape index (κ2) is 7.81. The SMILES string of the molecule is CC(C)[C@H]1CC2(CCN(C3CCCC3)CC2)CO[C@@H]1c1ccccc1Cl. The zero-order valence-corrected chi connectivity index (χ0v) is 17.2. The van der Waals surface area contributed by atoms with E-state index in [2.05, 4.69) is 30.9 Å². The monoisotopic (exact) mass is 375 g/mol. The summed E-state index contributed by atoms with van der Waals surface area (Å²) in [7, 11) is 0. The van der Waals surface area contributed by atoms with E-state index in [1.807, 2.05) is 12.1 Å². The van der Waals surface area contributed by atoms with Crippen molar-refractivity contribution in [3.05, 3.63) is 34.9 Å². The Morgan fingerprint density at radius 3 is 2.46 bits per heavy atom. The van der Waals surface area contributed by atoms with Crippen LogP contribution in [0.5, 0.6) is 0 Å². The summed E-state index contributed by atoms with van der Waals surface area (Å²) in [6, 6.07) is 9.13. The lowest BCUT2D eigenvalue weighted by Gasteiger charge is -2.51. The van der Waals surface area contributed by atoms with Crippen LogP contribution in [0.15, 0.2) is 24.3 Å². The van der Waals surface area contributed by atoms with Gasteiger partial charge in [-0.25, -0.2) is 0 Å². The Bertz CT molecular complexity index is 602. The molecule has 1 aromatic rings. The van der Waals surface area contributed by atoms with E-state index in [-0.39, 0.29) is 6.10 Å². The highest BCUT2D eigenvalue weighted by Crippen LogP contribution is 2.51. The quantitative estimate of drug-likeness (QED) is 0.632. The van der Waals surface area contributed by atoms with E-state index in [1.54, 1.807) is 0 Å². The van der Waals surface area contributed by atoms with Crippen LogP contribution in [-0.4, -0.2) is 30.6 Å². The molecule has 1 saturated carbocycles. The maximum absolute atomic E-state index is 6.57. The zero-order chi connectivity index (χ0) is 18.1. The third-order valence-electron chi connectivity index (χ3n) is 7.39. The van der Waals surface area contributed by atoms with Crippen molar-refractivity contribution in [2.24, 2.45) is 17.3 Å². The molecule has 2 atom stereocenters. The molecule has 2 heterocycles. The molecule has 1 aliphatic carbocycles. The summed E-state index contributed by atoms with van der Waals surface area (Å²) < 4.78 is 6.57. The lowest BCUT2D eigenvalue weighted by Crippen LogP contribution is -2.49. The summed E-state index contributed by atoms with van der Waals surface area (Å²) >= 11 is 6.51. The molecule has 2 aliphatic heterocycles. The fourth-order valence-electron chi connectivity index (χ4n) is 5.65. The second-order valence-electron chi connectivity index (χ2n) is 9.34. The van der Waals surface area contributed by atoms with Gasteiger partial charge >= 0.3 is 0 Å². The van der Waals surface area contributed by atoms with Gasteiger partial charge in [0.05, 0.1) is 12.7 Å². The van der Waals surface area contributed by atoms with Crippen LogP contribution in [0.25, 0.3) is 0 Å². The van der Waals surface area contributed by atoms with E-state index >= 15 is 0 Å². The highest BCUT2D eigenvalue weighted by molar-refractivity contribution is 6.31. The number of halogens is 1. The first-order valence-electron chi connectivity index (χ1n) is 10.7. The van der Waals surface area contributed by atoms with Gasteiger partial charge in [0.2, 0.25) is 0 Å². The van der Waals surface area contributed by atoms with Gasteiger partial charge in [0.25, 0.3) is 0 Å². The standard InChI is InChI=1S/C23H34ClNO/c1-17(2)20-15-23(11-13-25(14-12-23)18-7-3-4-8-18)16-26-22(20)19-9-5-6-10-21(19)24/h5-6,9-10,17-18,20,22H,3-4,7-8,11-16H2,1-2H3/t20-,22-/m1/s1. The smallest absolute Gasteiger partial charge is 0.0870 e. The lowest BCUT2D eigenvalue weighted by atomic mass is 9.66. The second-order valence-corrected chi connectivity index (χ2v) is 9.75. The fraction of sp³-hybridized carbons (Fsp3) is 0.739. The molecule has 144 valence electrons. The molecule has 2 nitrogen and oxygen atoms in total. The lowest BCUT2D eigenvalue weighted by molar-refractivity contribution is -0.133. The summed E-state index contributed by atoms with van der Waals surface area (Å²) in [4.78, 5) is 2.78. The van der Waals surface area contributed by atoms with E-state index in [0.29, 0.717) is 17.3 Å². The number of likely N-dealkylation sites (tertiary alicyclic amines) is 1. The fourth-order valence-corrected chi connectivity index (χ4v) is 5.89. The molecule has 2 saturated heterocycles. The summed E-state index contributed by atoms with van der Waals surface area (Å²) in [5.41, 5.74) is 1.58. The molecule has 26 heavy (non-hydrogen) atoms. The van der Waals surface area contributed by atoms with Gasteiger partial charge in [0.15, 0.2) is 0 Å². The van der Waals surface area contributed by atoms with Crippen molar-refractivity contribution in [1.29, 1.82) is 0 Å². The summed E-state index contributed by atoms with van der Waals surface area (Å²) in [6.45, 7) is 8.16. The first-order valence-corrected chi connectivity index (χ1v) is 11.1. The van der Waals surface area contributed by atoms with Crippen molar-refractivity contribution in [1.82, 2.24) is 4.90 Å². The number of benzene rings is 1. The Balaban J connectivity index is 1.46. The number of ether oxygens (including phenoxy) is 1. The van der Waals surface area contributed by atoms with E-state index in [9.17, 15) is 0 Å². The topological polar surface area (TPSA) is 12.5 Å². The Hall–Kier alpha value is -0.570. The van der Waals surface area contributed by atoms with Crippen LogP contribution in [-0.2, 0) is 4.74 Å². The average Bonchev–Trinajstić information content (AvgIpc) is 3.18. The predicted octanol–water partition coefficient (Wildman–Crippen LogP) is 6.10. The minimum atomic E-state index is 0.155. The number of hydrogen-bond donors (Lipinski definition) is 0. The molecule has 0 amide bonds. The first kappa shape index (κ1) is 18.8. The molecule has 0 N–H and O–H groups in total. The number of nitrogens with zero attached hydrogens (tertiary/aromatic N) is 1. The third kappa shape index (κ3) is 3.70. The summed E-state index contributed by atoms with van der Waals surface area (Å²) in [5, 5.41) is 0.857. The Labute approximate surface area is 164 Å². The van der Waals surface area contributed by atoms with Crippen molar-refractivity contribution in [2.45, 2.75) is 70.9 Å². The predicted molar refractivity (Wildman–Crippen MR) is 109 cm³/mol. The van der Waals surface area contributed by atoms with Crippen LogP contribution in [0.2, 0.25) is 5.02 Å². The number of rotatable bonds is 3. The molecule has 1 aromatic carbocycles. The molecule has 0 unspecified atom stereocenters. The molecular formula is C23H34ClNO. The van der Waals surface area contributed by atoms with E-state index in [0.717, 1.165) is 17.7 Å². The third-order valence-corrected chi connectivity index (χ3v) is 7.74. The summed E-state index contributed by atoms with van der Waals surface area (Å²) in [5.74, 6) is 1.17. The Kier molecular flexibility index (Phi) is 5.64. The normalized spacial score (nSPS) is 30.3. The molecule has 3 fully saturated rings. The minimum Gasteiger partial charge on any atom is -0.373 e. The van der Waals surface area contributed by atoms with E-state index in [4.69, 9.17) is 16.3 Å². The average molecular weight is 376 g/mol. The van der Waals surface area contributed by atoms with E-state index in [1.165, 1.54) is 63.6 Å². The molecular weight excluding hydrogens is 342 g/mol. The number of piperidine rings is 1. The molecule has 3 aliphatic rings. The molecule has 0 radical (unpaired) electrons. The highest BCUT2D eigenvalue weighted by atomic mass is 35.5. The molecule has 0 bridgehead atoms. The van der Waals surface area contributed by atoms with Gasteiger partial charge in [0, 0.05) is 11.1 Å². The maximum atomic E-state index is 6.57. The van der Waals surface area contributed by atoms with Gasteiger partial charge < -0.3 is 9.64 Å². The van der Waals surface area contributed by atoms with E-state index < -0.39 is 0 Å². The van der Waals surface area contributed by atoms with Gasteiger partial charge in [-0.05, 0) is 74.1 Å². The van der Waals surface area contributed by atoms with Crippen LogP contribution in [0.3, 0.4) is 0 Å². The van der Waals surface area contributed by atoms with Crippen LogP contribution < -0.4 is 0 Å². The van der Waals surface area contributed by atoms with Crippen LogP contribution in [0.4, 0.5) is 0 Å². The Morgan fingerprint density at radius 1 is 1.12 bits per heavy atom. The largest absolute Gasteiger partial charge is 0.373 e.